The summed E-state index contributed by atoms with van der Waals surface area (Å²) in [6, 6.07) is 0.319. The Bertz CT molecular complexity index is 421. The summed E-state index contributed by atoms with van der Waals surface area (Å²) < 4.78 is 0. The van der Waals surface area contributed by atoms with Crippen LogP contribution in [-0.2, 0) is 0 Å². The number of aromatic nitrogens is 2. The molecule has 1 amide bonds. The second kappa shape index (κ2) is 5.00. The van der Waals surface area contributed by atoms with E-state index in [1.54, 1.807) is 0 Å². The van der Waals surface area contributed by atoms with E-state index in [0.29, 0.717) is 23.3 Å². The number of carbonyl (C=O) groups is 1. The highest BCUT2D eigenvalue weighted by molar-refractivity contribution is 5.99. The molecule has 100 valence electrons. The van der Waals surface area contributed by atoms with Gasteiger partial charge in [-0.05, 0) is 25.7 Å². The van der Waals surface area contributed by atoms with E-state index in [9.17, 15) is 4.79 Å². The summed E-state index contributed by atoms with van der Waals surface area (Å²) in [5.41, 5.74) is 7.02. The van der Waals surface area contributed by atoms with E-state index in [2.05, 4.69) is 17.1 Å². The van der Waals surface area contributed by atoms with Gasteiger partial charge in [-0.1, -0.05) is 19.8 Å². The topological polar surface area (TPSA) is 75.0 Å². The van der Waals surface area contributed by atoms with Crippen LogP contribution in [0.2, 0.25) is 0 Å². The number of aryl methyl sites for hydroxylation is 1. The fourth-order valence-electron chi connectivity index (χ4n) is 2.92. The maximum Gasteiger partial charge on any atom is 0.259 e. The smallest absolute Gasteiger partial charge is 0.259 e. The zero-order valence-corrected chi connectivity index (χ0v) is 11.4. The molecule has 5 nitrogen and oxygen atoms in total. The summed E-state index contributed by atoms with van der Waals surface area (Å²) in [7, 11) is 1.88. The van der Waals surface area contributed by atoms with Crippen molar-refractivity contribution >= 4 is 11.7 Å². The molecule has 3 N–H and O–H groups in total. The molecule has 0 radical (unpaired) electrons. The summed E-state index contributed by atoms with van der Waals surface area (Å²) >= 11 is 0. The molecule has 0 aliphatic heterocycles. The quantitative estimate of drug-likeness (QED) is 0.842. The van der Waals surface area contributed by atoms with Crippen LogP contribution in [0.25, 0.3) is 0 Å². The predicted molar refractivity (Wildman–Crippen MR) is 71.3 cm³/mol. The molecule has 0 aromatic carbocycles. The lowest BCUT2D eigenvalue weighted by Gasteiger charge is -2.36. The van der Waals surface area contributed by atoms with Crippen molar-refractivity contribution < 1.29 is 4.79 Å². The van der Waals surface area contributed by atoms with Crippen molar-refractivity contribution in [3.05, 3.63) is 11.3 Å². The van der Waals surface area contributed by atoms with Crippen molar-refractivity contribution in [2.24, 2.45) is 5.92 Å². The van der Waals surface area contributed by atoms with Gasteiger partial charge < -0.3 is 10.6 Å². The molecule has 1 heterocycles. The Morgan fingerprint density at radius 3 is 2.67 bits per heavy atom. The summed E-state index contributed by atoms with van der Waals surface area (Å²) in [5.74, 6) is 0.839. The van der Waals surface area contributed by atoms with Crippen LogP contribution in [-0.4, -0.2) is 34.1 Å². The number of nitrogens with two attached hydrogens (primary N) is 1. The van der Waals surface area contributed by atoms with Gasteiger partial charge in [0.05, 0.1) is 0 Å². The molecular weight excluding hydrogens is 228 g/mol. The van der Waals surface area contributed by atoms with E-state index < -0.39 is 0 Å². The zero-order chi connectivity index (χ0) is 13.3. The fraction of sp³-hybridized carbons (Fsp3) is 0.692. The molecule has 2 rings (SSSR count). The molecule has 2 unspecified atom stereocenters. The van der Waals surface area contributed by atoms with Crippen molar-refractivity contribution in [2.45, 2.75) is 45.6 Å². The zero-order valence-electron chi connectivity index (χ0n) is 11.4. The maximum absolute atomic E-state index is 12.5. The second-order valence-electron chi connectivity index (χ2n) is 5.35. The Kier molecular flexibility index (Phi) is 3.59. The fourth-order valence-corrected chi connectivity index (χ4v) is 2.92. The molecule has 1 fully saturated rings. The standard InChI is InChI=1S/C13H22N4O/c1-8-6-4-5-7-10(8)17(3)13(18)11-9(2)15-16-12(11)14/h8,10H,4-7H2,1-3H3,(H3,14,15,16). The van der Waals surface area contributed by atoms with Crippen LogP contribution in [0, 0.1) is 12.8 Å². The number of nitrogens with one attached hydrogen (secondary N) is 1. The molecule has 1 aromatic rings. The minimum Gasteiger partial charge on any atom is -0.382 e. The van der Waals surface area contributed by atoms with Crippen LogP contribution in [0.3, 0.4) is 0 Å². The molecule has 1 aliphatic carbocycles. The van der Waals surface area contributed by atoms with Gasteiger partial charge in [0, 0.05) is 18.8 Å². The van der Waals surface area contributed by atoms with E-state index in [4.69, 9.17) is 5.73 Å². The number of anilines is 1. The number of aromatic amines is 1. The highest BCUT2D eigenvalue weighted by Crippen LogP contribution is 2.29. The van der Waals surface area contributed by atoms with Crippen LogP contribution in [0.15, 0.2) is 0 Å². The number of rotatable bonds is 2. The van der Waals surface area contributed by atoms with E-state index in [1.807, 2.05) is 18.9 Å². The third-order valence-corrected chi connectivity index (χ3v) is 4.07. The first-order chi connectivity index (χ1) is 8.52. The van der Waals surface area contributed by atoms with E-state index in [1.165, 1.54) is 19.3 Å². The second-order valence-corrected chi connectivity index (χ2v) is 5.35. The third kappa shape index (κ3) is 2.21. The van der Waals surface area contributed by atoms with Gasteiger partial charge in [0.25, 0.3) is 5.91 Å². The van der Waals surface area contributed by atoms with E-state index in [-0.39, 0.29) is 5.91 Å². The van der Waals surface area contributed by atoms with E-state index in [0.717, 1.165) is 12.1 Å². The number of carbonyl (C=O) groups excluding carboxylic acids is 1. The Balaban J connectivity index is 2.18. The molecule has 0 spiro atoms. The first kappa shape index (κ1) is 12.9. The number of amides is 1. The molecule has 0 saturated heterocycles. The number of hydrogen-bond acceptors (Lipinski definition) is 3. The number of nitrogen functional groups attached to an aromatic ring is 1. The van der Waals surface area contributed by atoms with Crippen molar-refractivity contribution in [2.75, 3.05) is 12.8 Å². The van der Waals surface area contributed by atoms with Gasteiger partial charge in [0.15, 0.2) is 5.82 Å². The van der Waals surface area contributed by atoms with Gasteiger partial charge in [-0.2, -0.15) is 5.10 Å². The Morgan fingerprint density at radius 1 is 1.44 bits per heavy atom. The van der Waals surface area contributed by atoms with Crippen LogP contribution in [0.5, 0.6) is 0 Å². The lowest BCUT2D eigenvalue weighted by molar-refractivity contribution is 0.0629. The lowest BCUT2D eigenvalue weighted by atomic mass is 9.85. The molecule has 1 aromatic heterocycles. The molecule has 5 heteroatoms. The van der Waals surface area contributed by atoms with Crippen LogP contribution in [0.1, 0.15) is 48.7 Å². The summed E-state index contributed by atoms with van der Waals surface area (Å²) in [5, 5.41) is 6.65. The summed E-state index contributed by atoms with van der Waals surface area (Å²) in [6.07, 6.45) is 4.75. The molecule has 2 atom stereocenters. The SMILES string of the molecule is Cc1[nH]nc(N)c1C(=O)N(C)C1CCCCC1C. The monoisotopic (exact) mass is 250 g/mol. The average molecular weight is 250 g/mol. The van der Waals surface area contributed by atoms with Crippen LogP contribution >= 0.6 is 0 Å². The van der Waals surface area contributed by atoms with Crippen molar-refractivity contribution in [1.29, 1.82) is 0 Å². The first-order valence-corrected chi connectivity index (χ1v) is 6.60. The largest absolute Gasteiger partial charge is 0.382 e. The predicted octanol–water partition coefficient (Wildman–Crippen LogP) is 1.95. The van der Waals surface area contributed by atoms with Gasteiger partial charge >= 0.3 is 0 Å². The Morgan fingerprint density at radius 2 is 2.11 bits per heavy atom. The van der Waals surface area contributed by atoms with Crippen molar-refractivity contribution in [3.8, 4) is 0 Å². The molecular formula is C13H22N4O. The maximum atomic E-state index is 12.5. The number of nitrogens with zero attached hydrogens (tertiary/aromatic N) is 2. The third-order valence-electron chi connectivity index (χ3n) is 4.07. The van der Waals surface area contributed by atoms with Gasteiger partial charge in [0.2, 0.25) is 0 Å². The van der Waals surface area contributed by atoms with E-state index >= 15 is 0 Å². The Hall–Kier alpha value is -1.52. The van der Waals surface area contributed by atoms with Crippen LogP contribution in [0.4, 0.5) is 5.82 Å². The normalized spacial score (nSPS) is 23.9. The Labute approximate surface area is 108 Å². The molecule has 0 bridgehead atoms. The molecule has 1 saturated carbocycles. The van der Waals surface area contributed by atoms with Gasteiger partial charge in [-0.15, -0.1) is 0 Å². The number of H-pyrrole nitrogens is 1. The number of hydrogen-bond donors (Lipinski definition) is 2. The molecule has 1 aliphatic rings. The summed E-state index contributed by atoms with van der Waals surface area (Å²) in [4.78, 5) is 14.3. The summed E-state index contributed by atoms with van der Waals surface area (Å²) in [6.45, 7) is 4.05. The average Bonchev–Trinajstić information content (AvgIpc) is 2.68. The molecule has 18 heavy (non-hydrogen) atoms. The van der Waals surface area contributed by atoms with Crippen molar-refractivity contribution in [1.82, 2.24) is 15.1 Å². The highest BCUT2D eigenvalue weighted by Gasteiger charge is 2.30. The lowest BCUT2D eigenvalue weighted by Crippen LogP contribution is -2.42. The highest BCUT2D eigenvalue weighted by atomic mass is 16.2. The van der Waals surface area contributed by atoms with Crippen LogP contribution < -0.4 is 5.73 Å². The van der Waals surface area contributed by atoms with Gasteiger partial charge in [-0.3, -0.25) is 9.89 Å². The minimum absolute atomic E-state index is 0.0162. The first-order valence-electron chi connectivity index (χ1n) is 6.60. The van der Waals surface area contributed by atoms with Crippen molar-refractivity contribution in [3.63, 3.8) is 0 Å². The minimum atomic E-state index is -0.0162. The van der Waals surface area contributed by atoms with Gasteiger partial charge in [-0.25, -0.2) is 0 Å². The van der Waals surface area contributed by atoms with Gasteiger partial charge in [0.1, 0.15) is 5.56 Å².